The number of anilines is 3. The predicted molar refractivity (Wildman–Crippen MR) is 130 cm³/mol. The van der Waals surface area contributed by atoms with Gasteiger partial charge in [-0.1, -0.05) is 18.2 Å². The highest BCUT2D eigenvalue weighted by atomic mass is 32.2. The van der Waals surface area contributed by atoms with Crippen molar-refractivity contribution < 1.29 is 14.7 Å². The summed E-state index contributed by atoms with van der Waals surface area (Å²) in [7, 11) is 0. The van der Waals surface area contributed by atoms with Crippen LogP contribution in [0.25, 0.3) is 0 Å². The van der Waals surface area contributed by atoms with Gasteiger partial charge in [-0.15, -0.1) is 11.8 Å². The Morgan fingerprint density at radius 2 is 1.32 bits per heavy atom. The van der Waals surface area contributed by atoms with E-state index < -0.39 is 5.97 Å². The maximum atomic E-state index is 12.4. The van der Waals surface area contributed by atoms with E-state index in [2.05, 4.69) is 16.0 Å². The molecule has 1 atom stereocenters. The second-order valence-corrected chi connectivity index (χ2v) is 8.42. The average Bonchev–Trinajstić information content (AvgIpc) is 2.76. The molecule has 0 saturated carbocycles. The topological polar surface area (TPSA) is 90.5 Å². The van der Waals surface area contributed by atoms with Gasteiger partial charge >= 0.3 is 5.97 Å². The van der Waals surface area contributed by atoms with Crippen LogP contribution in [0.4, 0.5) is 17.1 Å². The smallest absolute Gasteiger partial charge is 0.335 e. The van der Waals surface area contributed by atoms with Gasteiger partial charge in [0.2, 0.25) is 5.91 Å². The third kappa shape index (κ3) is 6.84. The third-order valence-electron chi connectivity index (χ3n) is 4.23. The lowest BCUT2D eigenvalue weighted by molar-refractivity contribution is -0.115. The van der Waals surface area contributed by atoms with Gasteiger partial charge in [0.25, 0.3) is 0 Å². The van der Waals surface area contributed by atoms with Crippen molar-refractivity contribution in [2.24, 2.45) is 0 Å². The Morgan fingerprint density at radius 3 is 1.90 bits per heavy atom. The van der Waals surface area contributed by atoms with Crippen LogP contribution in [0.15, 0.2) is 83.8 Å². The second kappa shape index (κ2) is 10.6. The molecule has 0 bridgehead atoms. The van der Waals surface area contributed by atoms with Crippen molar-refractivity contribution in [1.29, 1.82) is 0 Å². The van der Waals surface area contributed by atoms with Crippen molar-refractivity contribution in [2.45, 2.75) is 17.1 Å². The van der Waals surface area contributed by atoms with Gasteiger partial charge in [-0.2, -0.15) is 0 Å². The fourth-order valence-corrected chi connectivity index (χ4v) is 3.73. The van der Waals surface area contributed by atoms with Crippen LogP contribution in [0.1, 0.15) is 17.3 Å². The molecule has 0 radical (unpaired) electrons. The fraction of sp³-hybridized carbons (Fsp3) is 0.0870. The normalized spacial score (nSPS) is 11.3. The maximum absolute atomic E-state index is 12.4. The number of carbonyl (C=O) groups is 2. The van der Waals surface area contributed by atoms with E-state index >= 15 is 0 Å². The monoisotopic (exact) mass is 451 g/mol. The van der Waals surface area contributed by atoms with Crippen LogP contribution in [-0.2, 0) is 4.79 Å². The fourth-order valence-electron chi connectivity index (χ4n) is 2.63. The van der Waals surface area contributed by atoms with E-state index in [1.54, 1.807) is 12.1 Å². The first-order chi connectivity index (χ1) is 14.9. The van der Waals surface area contributed by atoms with E-state index in [9.17, 15) is 9.59 Å². The number of carboxylic acid groups (broad SMARTS) is 1. The molecule has 1 unspecified atom stereocenters. The van der Waals surface area contributed by atoms with Gasteiger partial charge < -0.3 is 21.1 Å². The first kappa shape index (κ1) is 22.3. The number of thioether (sulfide) groups is 1. The van der Waals surface area contributed by atoms with Crippen molar-refractivity contribution in [2.75, 3.05) is 16.0 Å². The van der Waals surface area contributed by atoms with E-state index in [0.29, 0.717) is 10.8 Å². The quantitative estimate of drug-likeness (QED) is 0.286. The molecule has 3 aromatic carbocycles. The zero-order valence-corrected chi connectivity index (χ0v) is 18.3. The van der Waals surface area contributed by atoms with Gasteiger partial charge in [0.15, 0.2) is 5.11 Å². The molecule has 0 aliphatic heterocycles. The Balaban J connectivity index is 1.50. The van der Waals surface area contributed by atoms with E-state index in [1.165, 1.54) is 23.9 Å². The summed E-state index contributed by atoms with van der Waals surface area (Å²) in [6.45, 7) is 1.82. The second-order valence-electron chi connectivity index (χ2n) is 6.60. The summed E-state index contributed by atoms with van der Waals surface area (Å²) in [6.07, 6.45) is 0. The molecule has 4 N–H and O–H groups in total. The largest absolute Gasteiger partial charge is 0.478 e. The SMILES string of the molecule is CC(Sc1ccc(NC(=S)Nc2ccccc2)cc1)C(=O)Nc1ccc(C(=O)O)cc1. The minimum absolute atomic E-state index is 0.163. The summed E-state index contributed by atoms with van der Waals surface area (Å²) in [5, 5.41) is 18.1. The van der Waals surface area contributed by atoms with Crippen LogP contribution >= 0.6 is 24.0 Å². The number of para-hydroxylation sites is 1. The van der Waals surface area contributed by atoms with Gasteiger partial charge in [-0.05, 0) is 79.8 Å². The lowest BCUT2D eigenvalue weighted by Crippen LogP contribution is -2.22. The predicted octanol–water partition coefficient (Wildman–Crippen LogP) is 5.31. The lowest BCUT2D eigenvalue weighted by Gasteiger charge is -2.13. The molecule has 0 heterocycles. The van der Waals surface area contributed by atoms with Crippen molar-refractivity contribution in [3.63, 3.8) is 0 Å². The van der Waals surface area contributed by atoms with Crippen LogP contribution in [0, 0.1) is 0 Å². The van der Waals surface area contributed by atoms with Gasteiger partial charge in [0, 0.05) is 22.0 Å². The van der Waals surface area contributed by atoms with E-state index in [4.69, 9.17) is 17.3 Å². The molecule has 158 valence electrons. The zero-order chi connectivity index (χ0) is 22.2. The van der Waals surface area contributed by atoms with Gasteiger partial charge in [0.05, 0.1) is 10.8 Å². The van der Waals surface area contributed by atoms with Crippen LogP contribution in [-0.4, -0.2) is 27.3 Å². The molecule has 31 heavy (non-hydrogen) atoms. The Morgan fingerprint density at radius 1 is 0.806 bits per heavy atom. The number of carbonyl (C=O) groups excluding carboxylic acids is 1. The Bertz CT molecular complexity index is 1060. The van der Waals surface area contributed by atoms with Crippen LogP contribution in [0.5, 0.6) is 0 Å². The number of thiocarbonyl (C=S) groups is 1. The molecule has 0 aliphatic carbocycles. The molecular weight excluding hydrogens is 430 g/mol. The van der Waals surface area contributed by atoms with Crippen molar-refractivity contribution in [3.8, 4) is 0 Å². The highest BCUT2D eigenvalue weighted by molar-refractivity contribution is 8.00. The number of aromatic carboxylic acids is 1. The van der Waals surface area contributed by atoms with Crippen LogP contribution < -0.4 is 16.0 Å². The van der Waals surface area contributed by atoms with Gasteiger partial charge in [-0.3, -0.25) is 4.79 Å². The van der Waals surface area contributed by atoms with Crippen molar-refractivity contribution >= 4 is 58.0 Å². The molecule has 0 saturated heterocycles. The highest BCUT2D eigenvalue weighted by Gasteiger charge is 2.15. The zero-order valence-electron chi connectivity index (χ0n) is 16.7. The summed E-state index contributed by atoms with van der Waals surface area (Å²) in [4.78, 5) is 24.3. The summed E-state index contributed by atoms with van der Waals surface area (Å²) in [5.41, 5.74) is 2.48. The molecule has 3 aromatic rings. The number of hydrogen-bond donors (Lipinski definition) is 4. The van der Waals surface area contributed by atoms with E-state index in [0.717, 1.165) is 16.3 Å². The van der Waals surface area contributed by atoms with Crippen LogP contribution in [0.2, 0.25) is 0 Å². The summed E-state index contributed by atoms with van der Waals surface area (Å²) >= 11 is 6.75. The van der Waals surface area contributed by atoms with E-state index in [1.807, 2.05) is 61.5 Å². The Labute approximate surface area is 190 Å². The minimum atomic E-state index is -1.00. The summed E-state index contributed by atoms with van der Waals surface area (Å²) in [5.74, 6) is -1.17. The van der Waals surface area contributed by atoms with Crippen LogP contribution in [0.3, 0.4) is 0 Å². The summed E-state index contributed by atoms with van der Waals surface area (Å²) in [6, 6.07) is 23.4. The molecule has 1 amide bonds. The van der Waals surface area contributed by atoms with Gasteiger partial charge in [-0.25, -0.2) is 4.79 Å². The van der Waals surface area contributed by atoms with Gasteiger partial charge in [0.1, 0.15) is 0 Å². The average molecular weight is 452 g/mol. The first-order valence-corrected chi connectivity index (χ1v) is 10.7. The number of hydrogen-bond acceptors (Lipinski definition) is 4. The molecule has 6 nitrogen and oxygen atoms in total. The molecule has 0 aliphatic rings. The molecule has 0 fully saturated rings. The number of benzene rings is 3. The number of nitrogens with one attached hydrogen (secondary N) is 3. The molecule has 0 aromatic heterocycles. The molecular formula is C23H21N3O3S2. The number of amides is 1. The van der Waals surface area contributed by atoms with Crippen molar-refractivity contribution in [1.82, 2.24) is 0 Å². The number of rotatable bonds is 7. The lowest BCUT2D eigenvalue weighted by atomic mass is 10.2. The number of carboxylic acids is 1. The Kier molecular flexibility index (Phi) is 7.64. The third-order valence-corrected chi connectivity index (χ3v) is 5.54. The standard InChI is InChI=1S/C23H21N3O3S2/c1-15(21(27)24-18-9-7-16(8-10-18)22(28)29)31-20-13-11-19(12-14-20)26-23(30)25-17-5-3-2-4-6-17/h2-15H,1H3,(H,24,27)(H,28,29)(H2,25,26,30). The van der Waals surface area contributed by atoms with Crippen molar-refractivity contribution in [3.05, 3.63) is 84.4 Å². The molecule has 3 rings (SSSR count). The minimum Gasteiger partial charge on any atom is -0.478 e. The molecule has 8 heteroatoms. The summed E-state index contributed by atoms with van der Waals surface area (Å²) < 4.78 is 0. The Hall–Kier alpha value is -3.36. The first-order valence-electron chi connectivity index (χ1n) is 9.45. The molecule has 0 spiro atoms. The van der Waals surface area contributed by atoms with E-state index in [-0.39, 0.29) is 16.7 Å². The maximum Gasteiger partial charge on any atom is 0.335 e. The highest BCUT2D eigenvalue weighted by Crippen LogP contribution is 2.26.